The van der Waals surface area contributed by atoms with Crippen LogP contribution in [0.4, 0.5) is 0 Å². The van der Waals surface area contributed by atoms with Crippen LogP contribution in [-0.2, 0) is 0 Å². The van der Waals surface area contributed by atoms with Crippen LogP contribution < -0.4 is 0 Å². The van der Waals surface area contributed by atoms with Gasteiger partial charge in [0, 0.05) is 129 Å². The monoisotopic (exact) mass is 1260 g/mol. The van der Waals surface area contributed by atoms with E-state index in [0.29, 0.717) is 0 Å². The van der Waals surface area contributed by atoms with Gasteiger partial charge in [0.1, 0.15) is 0 Å². The minimum Gasteiger partial charge on any atom is -0.264 e. The SMILES string of the molecule is Cc1cc(C)c2ccncc2c1.Cc1cc(C)c2cnccc2c1.Cc1cc2ccccc2nc1C.Cc1cc2ccncc2cc1C.Cc1ccc(C)c2cnccc12.Cc1ccc2cnccc2c1C.Cc1cncc2c(C)cccc12.Cc1nnc(C)c2ccccc12. The number of aromatic nitrogens is 9. The number of rotatable bonds is 0. The maximum absolute atomic E-state index is 4.48. The summed E-state index contributed by atoms with van der Waals surface area (Å²) in [6, 6.07) is 56.9. The summed E-state index contributed by atoms with van der Waals surface area (Å²) >= 11 is 0. The Labute approximate surface area is 566 Å². The lowest BCUT2D eigenvalue weighted by Crippen LogP contribution is -1.91. The first-order chi connectivity index (χ1) is 46.2. The molecule has 0 atom stereocenters. The van der Waals surface area contributed by atoms with Gasteiger partial charge in [0.25, 0.3) is 0 Å². The number of hydrogen-bond donors (Lipinski definition) is 0. The highest BCUT2D eigenvalue weighted by molar-refractivity contribution is 5.90. The highest BCUT2D eigenvalue weighted by Crippen LogP contribution is 2.25. The van der Waals surface area contributed by atoms with Crippen LogP contribution in [-0.4, -0.2) is 45.1 Å². The molecule has 8 aromatic heterocycles. The van der Waals surface area contributed by atoms with Gasteiger partial charge in [-0.3, -0.25) is 34.9 Å². The molecule has 0 radical (unpaired) electrons. The van der Waals surface area contributed by atoms with Crippen LogP contribution in [0.25, 0.3) is 86.3 Å². The lowest BCUT2D eigenvalue weighted by molar-refractivity contribution is 0.964. The zero-order valence-electron chi connectivity index (χ0n) is 58.5. The van der Waals surface area contributed by atoms with Crippen LogP contribution in [0.1, 0.15) is 89.4 Å². The molecule has 8 heterocycles. The van der Waals surface area contributed by atoms with Gasteiger partial charge in [0.2, 0.25) is 0 Å². The van der Waals surface area contributed by atoms with E-state index in [0.717, 1.165) is 22.6 Å². The van der Waals surface area contributed by atoms with Crippen LogP contribution in [0.5, 0.6) is 0 Å². The Kier molecular flexibility index (Phi) is 23.6. The lowest BCUT2D eigenvalue weighted by atomic mass is 10.0. The maximum atomic E-state index is 4.48. The summed E-state index contributed by atoms with van der Waals surface area (Å²) in [7, 11) is 0. The molecule has 0 N–H and O–H groups in total. The lowest BCUT2D eigenvalue weighted by Gasteiger charge is -2.03. The molecule has 0 saturated heterocycles. The predicted octanol–water partition coefficient (Wildman–Crippen LogP) is 22.2. The molecule has 0 bridgehead atoms. The number of benzene rings is 8. The molecule has 480 valence electrons. The van der Waals surface area contributed by atoms with Crippen LogP contribution in [0.3, 0.4) is 0 Å². The molecule has 0 aliphatic heterocycles. The highest BCUT2D eigenvalue weighted by atomic mass is 15.1. The molecular weight excluding hydrogens is 1170 g/mol. The summed E-state index contributed by atoms with van der Waals surface area (Å²) in [6.45, 7) is 33.6. The Morgan fingerprint density at radius 2 is 0.667 bits per heavy atom. The van der Waals surface area contributed by atoms with Crippen molar-refractivity contribution in [2.75, 3.05) is 0 Å². The van der Waals surface area contributed by atoms with Crippen molar-refractivity contribution in [3.63, 3.8) is 0 Å². The summed E-state index contributed by atoms with van der Waals surface area (Å²) < 4.78 is 0. The summed E-state index contributed by atoms with van der Waals surface area (Å²) in [5.74, 6) is 0. The standard InChI is InChI=1S/7C11H11N.C10H10N2/c1-8-5-10-3-4-12-7-11(10)6-9(8)2;1-8-5-9(2)11-3-4-12-7-10(11)6-8;1-8-5-9(2)11-7-12-4-3-10(11)6-8;1-8-3-4-10-7-12-6-5-11(10)9(8)2;1-8-3-4-9(2)11-7-12-6-5-10(8)11;1-8-4-3-5-10-9(2)6-12-7-11(8)10;1-8-7-10-5-3-4-6-11(10)12-9(8)2;1-7-9-5-3-4-6-10(9)8(2)12-11-7/h7*3-7H,1-2H3;3-6H,1-2H3. The fourth-order valence-corrected chi connectivity index (χ4v) is 11.6. The third-order valence-corrected chi connectivity index (χ3v) is 17.5. The van der Waals surface area contributed by atoms with Gasteiger partial charge in [-0.1, -0.05) is 120 Å². The molecule has 0 spiro atoms. The topological polar surface area (TPSA) is 116 Å². The third kappa shape index (κ3) is 17.8. The second-order valence-electron chi connectivity index (χ2n) is 24.9. The van der Waals surface area contributed by atoms with E-state index >= 15 is 0 Å². The first-order valence-corrected chi connectivity index (χ1v) is 32.6. The zero-order chi connectivity index (χ0) is 68.4. The van der Waals surface area contributed by atoms with Crippen LogP contribution in [0.15, 0.2) is 238 Å². The van der Waals surface area contributed by atoms with E-state index < -0.39 is 0 Å². The van der Waals surface area contributed by atoms with Gasteiger partial charge in [-0.2, -0.15) is 10.2 Å². The predicted molar refractivity (Wildman–Crippen MR) is 408 cm³/mol. The average molecular weight is 1260 g/mol. The Morgan fingerprint density at radius 3 is 1.31 bits per heavy atom. The Balaban J connectivity index is 0.000000129. The number of pyridine rings is 7. The summed E-state index contributed by atoms with van der Waals surface area (Å²) in [5, 5.41) is 27.0. The minimum absolute atomic E-state index is 0.996. The number of hydrogen-bond acceptors (Lipinski definition) is 9. The molecule has 9 heteroatoms. The summed E-state index contributed by atoms with van der Waals surface area (Å²) in [4.78, 5) is 29.1. The Bertz CT molecular complexity index is 4820. The average Bonchev–Trinajstić information content (AvgIpc) is 1.23. The molecule has 16 rings (SSSR count). The van der Waals surface area contributed by atoms with Crippen molar-refractivity contribution in [2.24, 2.45) is 0 Å². The maximum Gasteiger partial charge on any atom is 0.0705 e. The van der Waals surface area contributed by atoms with Crippen molar-refractivity contribution in [1.29, 1.82) is 0 Å². The van der Waals surface area contributed by atoms with Gasteiger partial charge >= 0.3 is 0 Å². The van der Waals surface area contributed by atoms with E-state index in [4.69, 9.17) is 0 Å². The first-order valence-electron chi connectivity index (χ1n) is 32.6. The normalized spacial score (nSPS) is 10.5. The molecule has 16 aromatic rings. The van der Waals surface area contributed by atoms with Gasteiger partial charge in [-0.15, -0.1) is 0 Å². The first kappa shape index (κ1) is 69.3. The van der Waals surface area contributed by atoms with E-state index in [2.05, 4.69) is 262 Å². The fourth-order valence-electron chi connectivity index (χ4n) is 11.6. The van der Waals surface area contributed by atoms with Gasteiger partial charge < -0.3 is 0 Å². The van der Waals surface area contributed by atoms with Crippen LogP contribution in [0, 0.1) is 111 Å². The summed E-state index contributed by atoms with van der Waals surface area (Å²) in [5.41, 5.74) is 21.2. The van der Waals surface area contributed by atoms with Crippen LogP contribution in [0.2, 0.25) is 0 Å². The molecule has 0 fully saturated rings. The number of nitrogens with zero attached hydrogens (tertiary/aromatic N) is 9. The van der Waals surface area contributed by atoms with Crippen molar-refractivity contribution in [3.05, 3.63) is 328 Å². The molecule has 8 aromatic carbocycles. The largest absolute Gasteiger partial charge is 0.264 e. The molecular formula is C87H87N9. The molecule has 96 heavy (non-hydrogen) atoms. The van der Waals surface area contributed by atoms with Crippen molar-refractivity contribution < 1.29 is 0 Å². The molecule has 0 unspecified atom stereocenters. The second kappa shape index (κ2) is 32.7. The smallest absolute Gasteiger partial charge is 0.0705 e. The van der Waals surface area contributed by atoms with E-state index in [1.54, 1.807) is 0 Å². The Hall–Kier alpha value is -11.0. The van der Waals surface area contributed by atoms with E-state index in [-0.39, 0.29) is 0 Å². The summed E-state index contributed by atoms with van der Waals surface area (Å²) in [6.07, 6.45) is 22.6. The molecule has 0 aliphatic rings. The van der Waals surface area contributed by atoms with Crippen molar-refractivity contribution in [2.45, 2.75) is 111 Å². The fraction of sp³-hybridized carbons (Fsp3) is 0.184. The van der Waals surface area contributed by atoms with Crippen LogP contribution >= 0.6 is 0 Å². The van der Waals surface area contributed by atoms with Gasteiger partial charge in [-0.25, -0.2) is 0 Å². The van der Waals surface area contributed by atoms with E-state index in [1.807, 2.05) is 132 Å². The van der Waals surface area contributed by atoms with Gasteiger partial charge in [-0.05, 0) is 259 Å². The Morgan fingerprint density at radius 1 is 0.208 bits per heavy atom. The van der Waals surface area contributed by atoms with Crippen molar-refractivity contribution >= 4 is 86.3 Å². The zero-order valence-corrected chi connectivity index (χ0v) is 58.5. The quantitative estimate of drug-likeness (QED) is 0.146. The van der Waals surface area contributed by atoms with Gasteiger partial charge in [0.15, 0.2) is 0 Å². The highest BCUT2D eigenvalue weighted by Gasteiger charge is 2.05. The third-order valence-electron chi connectivity index (χ3n) is 17.5. The number of fused-ring (bicyclic) bond motifs is 8. The molecule has 9 nitrogen and oxygen atoms in total. The second-order valence-corrected chi connectivity index (χ2v) is 24.9. The number of aryl methyl sites for hydroxylation is 16. The number of para-hydroxylation sites is 1. The molecule has 0 amide bonds. The molecule has 0 saturated carbocycles. The van der Waals surface area contributed by atoms with E-state index in [9.17, 15) is 0 Å². The van der Waals surface area contributed by atoms with Crippen molar-refractivity contribution in [1.82, 2.24) is 45.1 Å². The van der Waals surface area contributed by atoms with E-state index in [1.165, 1.54) is 153 Å². The van der Waals surface area contributed by atoms with Crippen molar-refractivity contribution in [3.8, 4) is 0 Å². The molecule has 0 aliphatic carbocycles. The minimum atomic E-state index is 0.996. The van der Waals surface area contributed by atoms with Gasteiger partial charge in [0.05, 0.1) is 16.9 Å².